The molecule has 9 heteroatoms. The number of benzene rings is 3. The molecule has 3 aromatic rings. The molecule has 0 bridgehead atoms. The highest BCUT2D eigenvalue weighted by molar-refractivity contribution is 7.99. The van der Waals surface area contributed by atoms with Gasteiger partial charge in [0.1, 0.15) is 5.75 Å². The number of nitrogens with one attached hydrogen (secondary N) is 1. The van der Waals surface area contributed by atoms with E-state index in [1.54, 1.807) is 31.2 Å². The number of aromatic hydroxyl groups is 1. The number of halogens is 1. The van der Waals surface area contributed by atoms with Gasteiger partial charge in [-0.1, -0.05) is 30.8 Å². The first-order chi connectivity index (χ1) is 14.2. The molecule has 0 amide bonds. The van der Waals surface area contributed by atoms with Crippen molar-refractivity contribution >= 4 is 38.2 Å². The average molecular weight is 450 g/mol. The van der Waals surface area contributed by atoms with Gasteiger partial charge in [-0.2, -0.15) is 0 Å². The number of sulfonamides is 1. The first kappa shape index (κ1) is 21.8. The van der Waals surface area contributed by atoms with E-state index in [-0.39, 0.29) is 40.2 Å². The van der Waals surface area contributed by atoms with Gasteiger partial charge in [0, 0.05) is 16.8 Å². The summed E-state index contributed by atoms with van der Waals surface area (Å²) in [6.45, 7) is 5.27. The van der Waals surface area contributed by atoms with Crippen LogP contribution in [0.25, 0.3) is 10.8 Å². The summed E-state index contributed by atoms with van der Waals surface area (Å²) in [6.07, 6.45) is 0. The Labute approximate surface area is 178 Å². The van der Waals surface area contributed by atoms with Gasteiger partial charge in [0.2, 0.25) is 0 Å². The zero-order valence-electron chi connectivity index (χ0n) is 16.1. The van der Waals surface area contributed by atoms with Crippen molar-refractivity contribution in [3.8, 4) is 11.5 Å². The van der Waals surface area contributed by atoms with Crippen molar-refractivity contribution in [2.45, 2.75) is 16.7 Å². The van der Waals surface area contributed by atoms with Gasteiger partial charge in [-0.25, -0.2) is 12.8 Å². The second-order valence-corrected chi connectivity index (χ2v) is 9.00. The van der Waals surface area contributed by atoms with Gasteiger partial charge >= 0.3 is 0 Å². The van der Waals surface area contributed by atoms with Crippen molar-refractivity contribution in [3.63, 3.8) is 0 Å². The summed E-state index contributed by atoms with van der Waals surface area (Å²) >= 11 is 1.11. The Balaban J connectivity index is 2.07. The van der Waals surface area contributed by atoms with E-state index in [1.807, 2.05) is 0 Å². The number of rotatable bonds is 8. The Morgan fingerprint density at radius 1 is 1.20 bits per heavy atom. The van der Waals surface area contributed by atoms with Gasteiger partial charge in [0.15, 0.2) is 11.6 Å². The summed E-state index contributed by atoms with van der Waals surface area (Å²) in [5, 5.41) is 20.9. The van der Waals surface area contributed by atoms with Crippen molar-refractivity contribution in [3.05, 3.63) is 66.7 Å². The molecule has 0 spiro atoms. The molecule has 0 unspecified atom stereocenters. The monoisotopic (exact) mass is 449 g/mol. The van der Waals surface area contributed by atoms with Crippen LogP contribution >= 0.6 is 11.8 Å². The molecule has 0 saturated heterocycles. The summed E-state index contributed by atoms with van der Waals surface area (Å²) < 4.78 is 47.4. The normalized spacial score (nSPS) is 11.4. The molecule has 0 aliphatic rings. The van der Waals surface area contributed by atoms with Crippen LogP contribution in [0.2, 0.25) is 0 Å². The number of ether oxygens (including phenoxy) is 1. The van der Waals surface area contributed by atoms with Gasteiger partial charge in [0.05, 0.1) is 33.6 Å². The maximum absolute atomic E-state index is 13.8. The minimum absolute atomic E-state index is 0.0276. The molecule has 0 aliphatic carbocycles. The standard InChI is InChI=1S/C21H20FNO5S2/c1-3-28-19-10-14(8-9-17(19)22)30(26,27)23-18-11-20(29-12-13(2)24)21(25)16-7-5-4-6-15(16)18/h4-11,23-25H,2-3,12H2,1H3. The van der Waals surface area contributed by atoms with Crippen LogP contribution in [0, 0.1) is 5.82 Å². The molecule has 0 saturated carbocycles. The molecule has 0 aromatic heterocycles. The molecule has 3 N–H and O–H groups in total. The number of phenols is 1. The van der Waals surface area contributed by atoms with Gasteiger partial charge in [-0.3, -0.25) is 4.72 Å². The molecule has 3 aromatic carbocycles. The quantitative estimate of drug-likeness (QED) is 0.253. The van der Waals surface area contributed by atoms with Crippen LogP contribution in [0.5, 0.6) is 11.5 Å². The lowest BCUT2D eigenvalue weighted by Crippen LogP contribution is -2.14. The van der Waals surface area contributed by atoms with E-state index < -0.39 is 15.8 Å². The maximum atomic E-state index is 13.8. The number of phenolic OH excluding ortho intramolecular Hbond substituents is 1. The first-order valence-corrected chi connectivity index (χ1v) is 11.4. The van der Waals surface area contributed by atoms with Crippen LogP contribution in [0.3, 0.4) is 0 Å². The average Bonchev–Trinajstić information content (AvgIpc) is 2.70. The Bertz CT molecular complexity index is 1210. The number of hydrogen-bond acceptors (Lipinski definition) is 6. The zero-order valence-corrected chi connectivity index (χ0v) is 17.7. The minimum atomic E-state index is -4.08. The van der Waals surface area contributed by atoms with Crippen molar-refractivity contribution in [2.75, 3.05) is 17.1 Å². The molecule has 0 heterocycles. The summed E-state index contributed by atoms with van der Waals surface area (Å²) in [5.74, 6) is -0.791. The summed E-state index contributed by atoms with van der Waals surface area (Å²) in [4.78, 5) is 0.207. The molecule has 3 rings (SSSR count). The predicted molar refractivity (Wildman–Crippen MR) is 116 cm³/mol. The van der Waals surface area contributed by atoms with E-state index in [1.165, 1.54) is 6.07 Å². The molecule has 158 valence electrons. The Kier molecular flexibility index (Phi) is 6.42. The fourth-order valence-corrected chi connectivity index (χ4v) is 4.67. The molecule has 0 fully saturated rings. The number of aliphatic hydroxyl groups is 1. The number of fused-ring (bicyclic) bond motifs is 1. The lowest BCUT2D eigenvalue weighted by molar-refractivity contribution is 0.320. The van der Waals surface area contributed by atoms with Crippen LogP contribution in [0.15, 0.2) is 70.7 Å². The zero-order chi connectivity index (χ0) is 21.9. The SMILES string of the molecule is C=C(O)CSc1cc(NS(=O)(=O)c2ccc(F)c(OCC)c2)c2ccccc2c1O. The highest BCUT2D eigenvalue weighted by atomic mass is 32.2. The highest BCUT2D eigenvalue weighted by Crippen LogP contribution is 2.40. The number of aliphatic hydroxyl groups excluding tert-OH is 1. The lowest BCUT2D eigenvalue weighted by atomic mass is 10.1. The van der Waals surface area contributed by atoms with Gasteiger partial charge in [0.25, 0.3) is 10.0 Å². The van der Waals surface area contributed by atoms with E-state index in [0.29, 0.717) is 15.7 Å². The minimum Gasteiger partial charge on any atom is -0.512 e. The molecule has 0 radical (unpaired) electrons. The third-order valence-electron chi connectivity index (χ3n) is 4.13. The smallest absolute Gasteiger partial charge is 0.262 e. The molecular formula is C21H20FNO5S2. The van der Waals surface area contributed by atoms with Gasteiger partial charge < -0.3 is 14.9 Å². The predicted octanol–water partition coefficient (Wildman–Crippen LogP) is 5.05. The topological polar surface area (TPSA) is 95.9 Å². The fraction of sp³-hybridized carbons (Fsp3) is 0.143. The fourth-order valence-electron chi connectivity index (χ4n) is 2.81. The molecule has 0 atom stereocenters. The molecule has 0 aliphatic heterocycles. The number of hydrogen-bond donors (Lipinski definition) is 3. The van der Waals surface area contributed by atoms with E-state index in [2.05, 4.69) is 11.3 Å². The van der Waals surface area contributed by atoms with E-state index >= 15 is 0 Å². The van der Waals surface area contributed by atoms with E-state index in [4.69, 9.17) is 4.74 Å². The van der Waals surface area contributed by atoms with E-state index in [9.17, 15) is 23.0 Å². The van der Waals surface area contributed by atoms with Crippen molar-refractivity contribution in [1.29, 1.82) is 0 Å². The first-order valence-electron chi connectivity index (χ1n) is 8.92. The molecule has 30 heavy (non-hydrogen) atoms. The van der Waals surface area contributed by atoms with Crippen molar-refractivity contribution in [1.82, 2.24) is 0 Å². The second kappa shape index (κ2) is 8.85. The van der Waals surface area contributed by atoms with Crippen molar-refractivity contribution in [2.24, 2.45) is 0 Å². The highest BCUT2D eigenvalue weighted by Gasteiger charge is 2.20. The Morgan fingerprint density at radius 3 is 2.57 bits per heavy atom. The molecular weight excluding hydrogens is 429 g/mol. The largest absolute Gasteiger partial charge is 0.512 e. The second-order valence-electron chi connectivity index (χ2n) is 6.30. The lowest BCUT2D eigenvalue weighted by Gasteiger charge is -2.15. The van der Waals surface area contributed by atoms with Gasteiger partial charge in [-0.15, -0.1) is 11.8 Å². The van der Waals surface area contributed by atoms with Crippen LogP contribution in [-0.2, 0) is 10.0 Å². The van der Waals surface area contributed by atoms with Crippen LogP contribution in [0.4, 0.5) is 10.1 Å². The Hall–Kier alpha value is -2.91. The Morgan fingerprint density at radius 2 is 1.90 bits per heavy atom. The third-order valence-corrected chi connectivity index (χ3v) is 6.60. The van der Waals surface area contributed by atoms with Crippen LogP contribution in [0.1, 0.15) is 6.92 Å². The maximum Gasteiger partial charge on any atom is 0.262 e. The van der Waals surface area contributed by atoms with E-state index in [0.717, 1.165) is 30.0 Å². The number of thioether (sulfide) groups is 1. The summed E-state index contributed by atoms with van der Waals surface area (Å²) in [5.41, 5.74) is 0.233. The van der Waals surface area contributed by atoms with Crippen molar-refractivity contribution < 1.29 is 27.8 Å². The van der Waals surface area contributed by atoms with Crippen LogP contribution in [-0.4, -0.2) is 31.0 Å². The molecule has 6 nitrogen and oxygen atoms in total. The van der Waals surface area contributed by atoms with Crippen LogP contribution < -0.4 is 9.46 Å². The van der Waals surface area contributed by atoms with Gasteiger partial charge in [-0.05, 0) is 25.1 Å². The third kappa shape index (κ3) is 4.63. The summed E-state index contributed by atoms with van der Waals surface area (Å²) in [7, 11) is -4.08. The summed E-state index contributed by atoms with van der Waals surface area (Å²) in [6, 6.07) is 11.5. The number of anilines is 1.